The zero-order valence-electron chi connectivity index (χ0n) is 16.2. The van der Waals surface area contributed by atoms with Gasteiger partial charge in [0, 0.05) is 5.56 Å². The molecule has 5 heteroatoms. The minimum Gasteiger partial charge on any atom is -0.490 e. The van der Waals surface area contributed by atoms with Gasteiger partial charge in [0.15, 0.2) is 11.5 Å². The number of rotatable bonds is 8. The van der Waals surface area contributed by atoms with Crippen molar-refractivity contribution < 1.29 is 18.9 Å². The van der Waals surface area contributed by atoms with Gasteiger partial charge in [0.1, 0.15) is 13.2 Å². The van der Waals surface area contributed by atoms with E-state index in [9.17, 15) is 0 Å². The minimum absolute atomic E-state index is 0.419. The normalized spacial score (nSPS) is 10.4. The van der Waals surface area contributed by atoms with E-state index in [1.165, 1.54) is 0 Å². The second-order valence-corrected chi connectivity index (χ2v) is 7.01. The summed E-state index contributed by atoms with van der Waals surface area (Å²) in [4.78, 5) is 0. The largest absolute Gasteiger partial charge is 0.490 e. The number of benzene rings is 3. The molecular formula is C23H23BrO4. The molecule has 0 aliphatic rings. The van der Waals surface area contributed by atoms with E-state index in [1.807, 2.05) is 67.6 Å². The predicted molar refractivity (Wildman–Crippen MR) is 114 cm³/mol. The Bertz CT molecular complexity index is 835. The highest BCUT2D eigenvalue weighted by Crippen LogP contribution is 2.52. The number of methoxy groups -OCH3 is 2. The lowest BCUT2D eigenvalue weighted by Gasteiger charge is -2.21. The van der Waals surface area contributed by atoms with E-state index in [-0.39, 0.29) is 0 Å². The van der Waals surface area contributed by atoms with Crippen LogP contribution in [0.1, 0.15) is 16.7 Å². The molecule has 28 heavy (non-hydrogen) atoms. The van der Waals surface area contributed by atoms with Gasteiger partial charge in [0.05, 0.1) is 18.7 Å². The summed E-state index contributed by atoms with van der Waals surface area (Å²) in [6, 6.07) is 20.0. The highest BCUT2D eigenvalue weighted by atomic mass is 79.9. The van der Waals surface area contributed by atoms with Gasteiger partial charge in [-0.25, -0.2) is 0 Å². The average molecular weight is 443 g/mol. The van der Waals surface area contributed by atoms with Crippen LogP contribution >= 0.6 is 15.9 Å². The van der Waals surface area contributed by atoms with Gasteiger partial charge >= 0.3 is 0 Å². The lowest BCUT2D eigenvalue weighted by Crippen LogP contribution is -2.05. The van der Waals surface area contributed by atoms with Crippen LogP contribution < -0.4 is 18.9 Å². The summed E-state index contributed by atoms with van der Waals surface area (Å²) in [5.41, 5.74) is 3.03. The van der Waals surface area contributed by atoms with Crippen LogP contribution in [-0.4, -0.2) is 14.2 Å². The van der Waals surface area contributed by atoms with E-state index < -0.39 is 0 Å². The van der Waals surface area contributed by atoms with Crippen LogP contribution in [0.15, 0.2) is 65.1 Å². The zero-order valence-corrected chi connectivity index (χ0v) is 17.8. The third kappa shape index (κ3) is 4.42. The molecular weight excluding hydrogens is 420 g/mol. The minimum atomic E-state index is 0.419. The predicted octanol–water partition coefficient (Wildman–Crippen LogP) is 5.93. The summed E-state index contributed by atoms with van der Waals surface area (Å²) in [6.07, 6.45) is 0. The smallest absolute Gasteiger partial charge is 0.208 e. The molecule has 3 rings (SSSR count). The van der Waals surface area contributed by atoms with Gasteiger partial charge in [0.25, 0.3) is 0 Å². The Hall–Kier alpha value is -2.66. The van der Waals surface area contributed by atoms with Crippen LogP contribution in [0.25, 0.3) is 0 Å². The fourth-order valence-corrected chi connectivity index (χ4v) is 3.35. The molecule has 0 aliphatic carbocycles. The molecule has 3 aromatic rings. The van der Waals surface area contributed by atoms with Crippen molar-refractivity contribution in [3.05, 3.63) is 81.8 Å². The van der Waals surface area contributed by atoms with E-state index in [1.54, 1.807) is 14.2 Å². The second kappa shape index (κ2) is 9.51. The Morgan fingerprint density at radius 3 is 1.54 bits per heavy atom. The van der Waals surface area contributed by atoms with Gasteiger partial charge in [-0.3, -0.25) is 0 Å². The van der Waals surface area contributed by atoms with E-state index in [2.05, 4.69) is 15.9 Å². The van der Waals surface area contributed by atoms with Crippen molar-refractivity contribution in [2.75, 3.05) is 14.2 Å². The summed E-state index contributed by atoms with van der Waals surface area (Å²) in [7, 11) is 3.19. The first kappa shape index (κ1) is 20.1. The van der Waals surface area contributed by atoms with Crippen molar-refractivity contribution in [1.29, 1.82) is 0 Å². The summed E-state index contributed by atoms with van der Waals surface area (Å²) < 4.78 is 24.2. The van der Waals surface area contributed by atoms with Crippen molar-refractivity contribution in [3.8, 4) is 23.0 Å². The van der Waals surface area contributed by atoms with Crippen LogP contribution in [0.3, 0.4) is 0 Å². The standard InChI is InChI=1S/C23H23BrO4/c1-16-19(24)21(28-15-18-12-8-5-9-13-18)23(26-3)22(25-2)20(16)27-14-17-10-6-4-7-11-17/h4-13H,14-15H2,1-3H3. The maximum atomic E-state index is 6.10. The molecule has 0 saturated carbocycles. The average Bonchev–Trinajstić information content (AvgIpc) is 2.75. The molecule has 0 atom stereocenters. The van der Waals surface area contributed by atoms with Crippen molar-refractivity contribution in [2.24, 2.45) is 0 Å². The van der Waals surface area contributed by atoms with Crippen LogP contribution in [0.5, 0.6) is 23.0 Å². The molecule has 146 valence electrons. The third-order valence-electron chi connectivity index (χ3n) is 4.35. The number of hydrogen-bond acceptors (Lipinski definition) is 4. The van der Waals surface area contributed by atoms with E-state index in [4.69, 9.17) is 18.9 Å². The quantitative estimate of drug-likeness (QED) is 0.432. The van der Waals surface area contributed by atoms with Crippen molar-refractivity contribution in [2.45, 2.75) is 20.1 Å². The first-order valence-electron chi connectivity index (χ1n) is 8.93. The van der Waals surface area contributed by atoms with Crippen LogP contribution in [0, 0.1) is 6.92 Å². The third-order valence-corrected chi connectivity index (χ3v) is 5.30. The van der Waals surface area contributed by atoms with Crippen LogP contribution in [-0.2, 0) is 13.2 Å². The van der Waals surface area contributed by atoms with Gasteiger partial charge < -0.3 is 18.9 Å². The Balaban J connectivity index is 1.92. The molecule has 0 spiro atoms. The molecule has 0 amide bonds. The van der Waals surface area contributed by atoms with E-state index >= 15 is 0 Å². The summed E-state index contributed by atoms with van der Waals surface area (Å²) >= 11 is 3.65. The SMILES string of the molecule is COc1c(OCc2ccccc2)c(C)c(Br)c(OCc2ccccc2)c1OC. The molecule has 0 aromatic heterocycles. The lowest BCUT2D eigenvalue weighted by molar-refractivity contribution is 0.253. The summed E-state index contributed by atoms with van der Waals surface area (Å²) in [5, 5.41) is 0. The van der Waals surface area contributed by atoms with Gasteiger partial charge in [-0.05, 0) is 34.0 Å². The fraction of sp³-hybridized carbons (Fsp3) is 0.217. The first-order chi connectivity index (χ1) is 13.7. The maximum Gasteiger partial charge on any atom is 0.208 e. The van der Waals surface area contributed by atoms with Gasteiger partial charge in [-0.15, -0.1) is 0 Å². The fourth-order valence-electron chi connectivity index (χ4n) is 2.88. The molecule has 0 radical (unpaired) electrons. The highest BCUT2D eigenvalue weighted by Gasteiger charge is 2.25. The Labute approximate surface area is 174 Å². The molecule has 0 N–H and O–H groups in total. The molecule has 0 heterocycles. The molecule has 0 fully saturated rings. The first-order valence-corrected chi connectivity index (χ1v) is 9.72. The topological polar surface area (TPSA) is 36.9 Å². The van der Waals surface area contributed by atoms with Crippen molar-refractivity contribution >= 4 is 15.9 Å². The van der Waals surface area contributed by atoms with Gasteiger partial charge in [-0.1, -0.05) is 60.7 Å². The molecule has 0 saturated heterocycles. The summed E-state index contributed by atoms with van der Waals surface area (Å²) in [5.74, 6) is 2.23. The van der Waals surface area contributed by atoms with Crippen molar-refractivity contribution in [1.82, 2.24) is 0 Å². The Morgan fingerprint density at radius 1 is 0.643 bits per heavy atom. The second-order valence-electron chi connectivity index (χ2n) is 6.21. The van der Waals surface area contributed by atoms with Crippen molar-refractivity contribution in [3.63, 3.8) is 0 Å². The highest BCUT2D eigenvalue weighted by molar-refractivity contribution is 9.10. The van der Waals surface area contributed by atoms with E-state index in [0.717, 1.165) is 21.2 Å². The maximum absolute atomic E-state index is 6.10. The molecule has 3 aromatic carbocycles. The molecule has 0 bridgehead atoms. The van der Waals surface area contributed by atoms with Gasteiger partial charge in [0.2, 0.25) is 11.5 Å². The van der Waals surface area contributed by atoms with Crippen LogP contribution in [0.4, 0.5) is 0 Å². The number of hydrogen-bond donors (Lipinski definition) is 0. The Morgan fingerprint density at radius 2 is 1.07 bits per heavy atom. The summed E-state index contributed by atoms with van der Waals surface area (Å²) in [6.45, 7) is 2.81. The monoisotopic (exact) mass is 442 g/mol. The van der Waals surface area contributed by atoms with E-state index in [0.29, 0.717) is 36.2 Å². The lowest BCUT2D eigenvalue weighted by atomic mass is 10.1. The molecule has 0 aliphatic heterocycles. The van der Waals surface area contributed by atoms with Crippen LogP contribution in [0.2, 0.25) is 0 Å². The Kier molecular flexibility index (Phi) is 6.82. The zero-order chi connectivity index (χ0) is 19.9. The van der Waals surface area contributed by atoms with Gasteiger partial charge in [-0.2, -0.15) is 0 Å². The molecule has 0 unspecified atom stereocenters. The number of halogens is 1. The molecule has 4 nitrogen and oxygen atoms in total. The number of ether oxygens (including phenoxy) is 4.